The average molecular weight is 460 g/mol. The monoisotopic (exact) mass is 460 g/mol. The summed E-state index contributed by atoms with van der Waals surface area (Å²) in [5.74, 6) is -0.955. The number of nitrogens with one attached hydrogen (secondary N) is 2. The summed E-state index contributed by atoms with van der Waals surface area (Å²) in [7, 11) is 0. The first kappa shape index (κ1) is 24.1. The second kappa shape index (κ2) is 11.9. The molecule has 3 rings (SSSR count). The summed E-state index contributed by atoms with van der Waals surface area (Å²) < 4.78 is 5.59. The van der Waals surface area contributed by atoms with Crippen molar-refractivity contribution in [2.45, 2.75) is 26.4 Å². The van der Waals surface area contributed by atoms with Crippen LogP contribution in [0.2, 0.25) is 0 Å². The molecule has 0 fully saturated rings. The van der Waals surface area contributed by atoms with Crippen LogP contribution in [0.3, 0.4) is 0 Å². The van der Waals surface area contributed by atoms with Gasteiger partial charge in [0.2, 0.25) is 11.8 Å². The minimum Gasteiger partial charge on any atom is -0.482 e. The highest BCUT2D eigenvalue weighted by molar-refractivity contribution is 6.04. The predicted octanol–water partition coefficient (Wildman–Crippen LogP) is 4.22. The van der Waals surface area contributed by atoms with E-state index < -0.39 is 23.2 Å². The molecule has 3 aromatic carbocycles. The van der Waals surface area contributed by atoms with Gasteiger partial charge in [0.1, 0.15) is 13.0 Å². The fourth-order valence-corrected chi connectivity index (χ4v) is 3.12. The van der Waals surface area contributed by atoms with E-state index in [2.05, 4.69) is 15.8 Å². The molecule has 2 amide bonds. The summed E-state index contributed by atoms with van der Waals surface area (Å²) in [6.07, 6.45) is 1.59. The third-order valence-electron chi connectivity index (χ3n) is 4.81. The van der Waals surface area contributed by atoms with Crippen molar-refractivity contribution in [1.29, 1.82) is 0 Å². The number of hydrazone groups is 1. The van der Waals surface area contributed by atoms with Gasteiger partial charge < -0.3 is 10.1 Å². The van der Waals surface area contributed by atoms with Gasteiger partial charge in [-0.15, -0.1) is 0 Å². The lowest BCUT2D eigenvalue weighted by Gasteiger charge is -2.09. The second-order valence-electron chi connectivity index (χ2n) is 7.29. The summed E-state index contributed by atoms with van der Waals surface area (Å²) in [6, 6.07) is 21.0. The van der Waals surface area contributed by atoms with Gasteiger partial charge >= 0.3 is 5.69 Å². The minimum atomic E-state index is -0.611. The van der Waals surface area contributed by atoms with Crippen molar-refractivity contribution in [3.63, 3.8) is 0 Å². The van der Waals surface area contributed by atoms with Crippen molar-refractivity contribution in [2.24, 2.45) is 5.10 Å². The van der Waals surface area contributed by atoms with Gasteiger partial charge in [-0.05, 0) is 35.7 Å². The smallest absolute Gasteiger partial charge is 0.311 e. The molecule has 0 atom stereocenters. The second-order valence-corrected chi connectivity index (χ2v) is 7.29. The fourth-order valence-electron chi connectivity index (χ4n) is 3.12. The maximum Gasteiger partial charge on any atom is 0.311 e. The zero-order valence-electron chi connectivity index (χ0n) is 18.6. The van der Waals surface area contributed by atoms with E-state index in [0.717, 1.165) is 17.5 Å². The highest BCUT2D eigenvalue weighted by Gasteiger charge is 2.16. The average Bonchev–Trinajstić information content (AvgIpc) is 2.84. The lowest BCUT2D eigenvalue weighted by atomic mass is 10.1. The minimum absolute atomic E-state index is 0.124. The largest absolute Gasteiger partial charge is 0.482 e. The van der Waals surface area contributed by atoms with E-state index in [4.69, 9.17) is 4.74 Å². The molecule has 0 radical (unpaired) electrons. The van der Waals surface area contributed by atoms with Gasteiger partial charge in [-0.2, -0.15) is 5.10 Å². The van der Waals surface area contributed by atoms with Gasteiger partial charge in [0.15, 0.2) is 5.75 Å². The molecule has 0 aliphatic heterocycles. The van der Waals surface area contributed by atoms with Gasteiger partial charge in [-0.1, -0.05) is 55.5 Å². The molecule has 0 aromatic heterocycles. The highest BCUT2D eigenvalue weighted by Crippen LogP contribution is 2.28. The van der Waals surface area contributed by atoms with Crippen LogP contribution in [0.4, 0.5) is 11.4 Å². The van der Waals surface area contributed by atoms with E-state index in [0.29, 0.717) is 11.3 Å². The van der Waals surface area contributed by atoms with E-state index >= 15 is 0 Å². The Morgan fingerprint density at radius 1 is 1.03 bits per heavy atom. The Balaban J connectivity index is 1.56. The van der Waals surface area contributed by atoms with Crippen molar-refractivity contribution >= 4 is 29.4 Å². The maximum atomic E-state index is 12.1. The first-order valence-corrected chi connectivity index (χ1v) is 10.6. The molecule has 34 heavy (non-hydrogen) atoms. The number of hydrogen-bond donors (Lipinski definition) is 2. The molecule has 0 heterocycles. The Kier molecular flexibility index (Phi) is 8.45. The molecule has 0 aliphatic rings. The van der Waals surface area contributed by atoms with Gasteiger partial charge in [-0.3, -0.25) is 19.7 Å². The van der Waals surface area contributed by atoms with Crippen LogP contribution in [0.5, 0.6) is 5.75 Å². The van der Waals surface area contributed by atoms with E-state index in [1.165, 1.54) is 18.3 Å². The summed E-state index contributed by atoms with van der Waals surface area (Å²) in [4.78, 5) is 35.1. The summed E-state index contributed by atoms with van der Waals surface area (Å²) in [6.45, 7) is 2.16. The summed E-state index contributed by atoms with van der Waals surface area (Å²) in [5, 5.41) is 18.0. The molecule has 0 unspecified atom stereocenters. The molecular formula is C25H24N4O5. The summed E-state index contributed by atoms with van der Waals surface area (Å²) in [5.41, 5.74) is 4.93. The zero-order valence-corrected chi connectivity index (χ0v) is 18.6. The molecule has 2 N–H and O–H groups in total. The number of para-hydroxylation sites is 1. The molecule has 9 nitrogen and oxygen atoms in total. The molecule has 0 spiro atoms. The number of hydrogen-bond acceptors (Lipinski definition) is 6. The number of carbonyl (C=O) groups excluding carboxylic acids is 2. The first-order valence-electron chi connectivity index (χ1n) is 10.6. The molecule has 0 aliphatic carbocycles. The lowest BCUT2D eigenvalue weighted by molar-refractivity contribution is -0.385. The van der Waals surface area contributed by atoms with E-state index in [1.54, 1.807) is 18.2 Å². The maximum absolute atomic E-state index is 12.1. The Labute approximate surface area is 196 Å². The van der Waals surface area contributed by atoms with Gasteiger partial charge in [0.05, 0.1) is 11.1 Å². The van der Waals surface area contributed by atoms with E-state index in [-0.39, 0.29) is 18.0 Å². The number of amides is 2. The van der Waals surface area contributed by atoms with Gasteiger partial charge in [0.25, 0.3) is 0 Å². The number of benzene rings is 3. The molecule has 174 valence electrons. The Hall–Kier alpha value is -4.53. The number of carbonyl (C=O) groups is 2. The van der Waals surface area contributed by atoms with Crippen molar-refractivity contribution in [2.75, 3.05) is 5.32 Å². The quantitative estimate of drug-likeness (QED) is 0.203. The standard InChI is InChI=1S/C25H24N4O5/c1-2-20-10-6-7-11-21(20)27-24(30)15-25(31)28-26-16-19-12-13-23(22(14-19)29(32)33)34-17-18-8-4-3-5-9-18/h3-14,16H,2,15,17H2,1H3,(H,27,30)(H,28,31). The van der Waals surface area contributed by atoms with Crippen LogP contribution >= 0.6 is 0 Å². The van der Waals surface area contributed by atoms with E-state index in [9.17, 15) is 19.7 Å². The normalized spacial score (nSPS) is 10.6. The topological polar surface area (TPSA) is 123 Å². The number of rotatable bonds is 10. The van der Waals surface area contributed by atoms with Crippen LogP contribution in [0.1, 0.15) is 30.0 Å². The van der Waals surface area contributed by atoms with Crippen LogP contribution in [0, 0.1) is 10.1 Å². The van der Waals surface area contributed by atoms with Crippen molar-refractivity contribution in [3.05, 3.63) is 99.6 Å². The summed E-state index contributed by atoms with van der Waals surface area (Å²) >= 11 is 0. The predicted molar refractivity (Wildman–Crippen MR) is 129 cm³/mol. The number of ether oxygens (including phenoxy) is 1. The number of nitro groups is 1. The Morgan fingerprint density at radius 3 is 2.50 bits per heavy atom. The highest BCUT2D eigenvalue weighted by atomic mass is 16.6. The third-order valence-corrected chi connectivity index (χ3v) is 4.81. The number of nitro benzene ring substituents is 1. The van der Waals surface area contributed by atoms with Crippen LogP contribution in [-0.4, -0.2) is 23.0 Å². The number of nitrogens with zero attached hydrogens (tertiary/aromatic N) is 2. The molecule has 3 aromatic rings. The van der Waals surface area contributed by atoms with Crippen LogP contribution in [0.15, 0.2) is 77.9 Å². The lowest BCUT2D eigenvalue weighted by Crippen LogP contribution is -2.25. The molecular weight excluding hydrogens is 436 g/mol. The van der Waals surface area contributed by atoms with Crippen LogP contribution in [0.25, 0.3) is 0 Å². The van der Waals surface area contributed by atoms with Crippen molar-refractivity contribution < 1.29 is 19.2 Å². The molecule has 9 heteroatoms. The number of aryl methyl sites for hydroxylation is 1. The Bertz CT molecular complexity index is 1190. The van der Waals surface area contributed by atoms with Crippen molar-refractivity contribution in [3.8, 4) is 5.75 Å². The van der Waals surface area contributed by atoms with E-state index in [1.807, 2.05) is 49.4 Å². The molecule has 0 saturated carbocycles. The van der Waals surface area contributed by atoms with Crippen LogP contribution < -0.4 is 15.5 Å². The van der Waals surface area contributed by atoms with Gasteiger partial charge in [0, 0.05) is 17.3 Å². The SMILES string of the molecule is CCc1ccccc1NC(=O)CC(=O)NN=Cc1ccc(OCc2ccccc2)c([N+](=O)[O-])c1. The van der Waals surface area contributed by atoms with Gasteiger partial charge in [-0.25, -0.2) is 5.43 Å². The van der Waals surface area contributed by atoms with Crippen molar-refractivity contribution in [1.82, 2.24) is 5.43 Å². The first-order chi connectivity index (χ1) is 16.5. The molecule has 0 saturated heterocycles. The number of anilines is 1. The third kappa shape index (κ3) is 6.99. The van der Waals surface area contributed by atoms with Crippen LogP contribution in [-0.2, 0) is 22.6 Å². The Morgan fingerprint density at radius 2 is 1.76 bits per heavy atom. The molecule has 0 bridgehead atoms. The zero-order chi connectivity index (χ0) is 24.3. The fraction of sp³-hybridized carbons (Fsp3) is 0.160.